The largest absolute Gasteiger partial charge is 0.497 e. The average molecular weight is 444 g/mol. The van der Waals surface area contributed by atoms with Crippen molar-refractivity contribution in [1.29, 1.82) is 0 Å². The number of nitrogens with one attached hydrogen (secondary N) is 2. The van der Waals surface area contributed by atoms with E-state index in [-0.39, 0.29) is 12.7 Å². The fourth-order valence-corrected chi connectivity index (χ4v) is 3.33. The maximum absolute atomic E-state index is 13.1. The molecule has 7 nitrogen and oxygen atoms in total. The molecule has 0 spiro atoms. The highest BCUT2D eigenvalue weighted by Gasteiger charge is 2.22. The van der Waals surface area contributed by atoms with Crippen molar-refractivity contribution < 1.29 is 23.8 Å². The zero-order chi connectivity index (χ0) is 23.2. The molecule has 0 saturated heterocycles. The summed E-state index contributed by atoms with van der Waals surface area (Å²) in [7, 11) is 1.58. The summed E-state index contributed by atoms with van der Waals surface area (Å²) in [6, 6.07) is 19.0. The third-order valence-electron chi connectivity index (χ3n) is 5.14. The Kier molecular flexibility index (Phi) is 6.59. The minimum absolute atomic E-state index is 0.185. The Hall–Kier alpha value is -4.26. The van der Waals surface area contributed by atoms with E-state index >= 15 is 0 Å². The molecular weight excluding hydrogens is 420 g/mol. The standard InChI is InChI=1S/C26H24N2O5/c1-17-3-7-19(8-4-17)25(26(30)27-20-9-11-21(31-2)12-10-20)28-24(29)14-6-18-5-13-22-23(15-18)33-16-32-22/h3-15,25H,16H2,1-2H3,(H,27,30)(H,28,29). The second-order valence-electron chi connectivity index (χ2n) is 7.52. The van der Waals surface area contributed by atoms with E-state index in [0.29, 0.717) is 28.5 Å². The molecule has 0 fully saturated rings. The Bertz CT molecular complexity index is 1170. The number of hydrogen-bond donors (Lipinski definition) is 2. The summed E-state index contributed by atoms with van der Waals surface area (Å²) in [5.74, 6) is 1.24. The van der Waals surface area contributed by atoms with E-state index in [1.54, 1.807) is 49.6 Å². The molecule has 0 bridgehead atoms. The Balaban J connectivity index is 1.49. The van der Waals surface area contributed by atoms with Gasteiger partial charge in [-0.3, -0.25) is 9.59 Å². The topological polar surface area (TPSA) is 85.9 Å². The van der Waals surface area contributed by atoms with Gasteiger partial charge in [-0.25, -0.2) is 0 Å². The predicted molar refractivity (Wildman–Crippen MR) is 125 cm³/mol. The fourth-order valence-electron chi connectivity index (χ4n) is 3.33. The van der Waals surface area contributed by atoms with Crippen molar-refractivity contribution >= 4 is 23.6 Å². The molecule has 3 aromatic carbocycles. The molecule has 168 valence electrons. The Labute approximate surface area is 192 Å². The van der Waals surface area contributed by atoms with Crippen LogP contribution in [0.15, 0.2) is 72.8 Å². The fraction of sp³-hybridized carbons (Fsp3) is 0.154. The van der Waals surface area contributed by atoms with Crippen LogP contribution in [0.4, 0.5) is 5.69 Å². The van der Waals surface area contributed by atoms with E-state index < -0.39 is 11.9 Å². The highest BCUT2D eigenvalue weighted by molar-refractivity contribution is 6.00. The maximum Gasteiger partial charge on any atom is 0.251 e. The first-order valence-electron chi connectivity index (χ1n) is 10.4. The molecule has 2 amide bonds. The molecule has 0 aliphatic carbocycles. The van der Waals surface area contributed by atoms with Gasteiger partial charge in [0, 0.05) is 11.8 Å². The Morgan fingerprint density at radius 1 is 0.970 bits per heavy atom. The molecule has 2 N–H and O–H groups in total. The van der Waals surface area contributed by atoms with Gasteiger partial charge in [-0.1, -0.05) is 35.9 Å². The lowest BCUT2D eigenvalue weighted by molar-refractivity contribution is -0.123. The van der Waals surface area contributed by atoms with Crippen molar-refractivity contribution in [2.45, 2.75) is 13.0 Å². The molecular formula is C26H24N2O5. The molecule has 4 rings (SSSR count). The van der Waals surface area contributed by atoms with Gasteiger partial charge >= 0.3 is 0 Å². The van der Waals surface area contributed by atoms with Crippen LogP contribution < -0.4 is 24.8 Å². The first-order valence-corrected chi connectivity index (χ1v) is 10.4. The molecule has 1 atom stereocenters. The van der Waals surface area contributed by atoms with Gasteiger partial charge in [0.15, 0.2) is 11.5 Å². The second kappa shape index (κ2) is 9.91. The third-order valence-corrected chi connectivity index (χ3v) is 5.14. The predicted octanol–water partition coefficient (Wildman–Crippen LogP) is 4.24. The van der Waals surface area contributed by atoms with Gasteiger partial charge in [0.05, 0.1) is 7.11 Å². The Morgan fingerprint density at radius 3 is 2.42 bits per heavy atom. The summed E-state index contributed by atoms with van der Waals surface area (Å²) < 4.78 is 15.8. The van der Waals surface area contributed by atoms with Crippen LogP contribution in [0.5, 0.6) is 17.2 Å². The van der Waals surface area contributed by atoms with Gasteiger partial charge in [0.2, 0.25) is 12.7 Å². The zero-order valence-corrected chi connectivity index (χ0v) is 18.3. The van der Waals surface area contributed by atoms with Crippen LogP contribution in [-0.2, 0) is 9.59 Å². The third kappa shape index (κ3) is 5.51. The van der Waals surface area contributed by atoms with Crippen molar-refractivity contribution in [1.82, 2.24) is 5.32 Å². The van der Waals surface area contributed by atoms with E-state index in [0.717, 1.165) is 11.1 Å². The highest BCUT2D eigenvalue weighted by atomic mass is 16.7. The minimum Gasteiger partial charge on any atom is -0.497 e. The molecule has 3 aromatic rings. The maximum atomic E-state index is 13.1. The smallest absolute Gasteiger partial charge is 0.251 e. The van der Waals surface area contributed by atoms with Crippen LogP contribution in [0.2, 0.25) is 0 Å². The van der Waals surface area contributed by atoms with E-state index in [9.17, 15) is 9.59 Å². The molecule has 0 radical (unpaired) electrons. The lowest BCUT2D eigenvalue weighted by Crippen LogP contribution is -2.36. The molecule has 1 heterocycles. The summed E-state index contributed by atoms with van der Waals surface area (Å²) >= 11 is 0. The monoisotopic (exact) mass is 444 g/mol. The van der Waals surface area contributed by atoms with Crippen molar-refractivity contribution in [3.8, 4) is 17.2 Å². The number of ether oxygens (including phenoxy) is 3. The van der Waals surface area contributed by atoms with Gasteiger partial charge in [0.1, 0.15) is 11.8 Å². The highest BCUT2D eigenvalue weighted by Crippen LogP contribution is 2.32. The first-order chi connectivity index (χ1) is 16.0. The number of amides is 2. The van der Waals surface area contributed by atoms with Crippen LogP contribution in [-0.4, -0.2) is 25.7 Å². The molecule has 1 aliphatic rings. The molecule has 1 aliphatic heterocycles. The van der Waals surface area contributed by atoms with E-state index in [4.69, 9.17) is 14.2 Å². The SMILES string of the molecule is COc1ccc(NC(=O)C(NC(=O)C=Cc2ccc3c(c2)OCO3)c2ccc(C)cc2)cc1. The van der Waals surface area contributed by atoms with Gasteiger partial charge in [0.25, 0.3) is 5.91 Å². The van der Waals surface area contributed by atoms with Gasteiger partial charge in [-0.2, -0.15) is 0 Å². The van der Waals surface area contributed by atoms with Crippen LogP contribution >= 0.6 is 0 Å². The normalized spacial score (nSPS) is 12.9. The number of hydrogen-bond acceptors (Lipinski definition) is 5. The van der Waals surface area contributed by atoms with Crippen LogP contribution in [0.1, 0.15) is 22.7 Å². The lowest BCUT2D eigenvalue weighted by atomic mass is 10.0. The van der Waals surface area contributed by atoms with E-state index in [2.05, 4.69) is 10.6 Å². The summed E-state index contributed by atoms with van der Waals surface area (Å²) in [6.07, 6.45) is 3.05. The van der Waals surface area contributed by atoms with Gasteiger partial charge in [-0.05, 0) is 60.5 Å². The van der Waals surface area contributed by atoms with Gasteiger partial charge < -0.3 is 24.8 Å². The quantitative estimate of drug-likeness (QED) is 0.533. The van der Waals surface area contributed by atoms with Crippen LogP contribution in [0.25, 0.3) is 6.08 Å². The summed E-state index contributed by atoms with van der Waals surface area (Å²) in [4.78, 5) is 25.8. The van der Waals surface area contributed by atoms with Crippen LogP contribution in [0.3, 0.4) is 0 Å². The second-order valence-corrected chi connectivity index (χ2v) is 7.52. The minimum atomic E-state index is -0.874. The number of carbonyl (C=O) groups is 2. The average Bonchev–Trinajstić information content (AvgIpc) is 3.30. The van der Waals surface area contributed by atoms with Crippen molar-refractivity contribution in [2.75, 3.05) is 19.2 Å². The van der Waals surface area contributed by atoms with Crippen molar-refractivity contribution in [3.05, 3.63) is 89.5 Å². The number of anilines is 1. The van der Waals surface area contributed by atoms with E-state index in [1.165, 1.54) is 6.08 Å². The number of rotatable bonds is 7. The Morgan fingerprint density at radius 2 is 1.70 bits per heavy atom. The summed E-state index contributed by atoms with van der Waals surface area (Å²) in [6.45, 7) is 2.15. The molecule has 33 heavy (non-hydrogen) atoms. The number of aryl methyl sites for hydroxylation is 1. The molecule has 1 unspecified atom stereocenters. The number of carbonyl (C=O) groups excluding carboxylic acids is 2. The van der Waals surface area contributed by atoms with Gasteiger partial charge in [-0.15, -0.1) is 0 Å². The molecule has 7 heteroatoms. The van der Waals surface area contributed by atoms with Crippen LogP contribution in [0, 0.1) is 6.92 Å². The van der Waals surface area contributed by atoms with Crippen molar-refractivity contribution in [2.24, 2.45) is 0 Å². The first kappa shape index (κ1) is 22.0. The molecule has 0 saturated carbocycles. The lowest BCUT2D eigenvalue weighted by Gasteiger charge is -2.18. The molecule has 0 aromatic heterocycles. The van der Waals surface area contributed by atoms with E-state index in [1.807, 2.05) is 37.3 Å². The number of methoxy groups -OCH3 is 1. The number of fused-ring (bicyclic) bond motifs is 1. The summed E-state index contributed by atoms with van der Waals surface area (Å²) in [5.41, 5.74) is 3.12. The summed E-state index contributed by atoms with van der Waals surface area (Å²) in [5, 5.41) is 5.65. The zero-order valence-electron chi connectivity index (χ0n) is 18.3. The number of benzene rings is 3. The van der Waals surface area contributed by atoms with Crippen molar-refractivity contribution in [3.63, 3.8) is 0 Å².